The van der Waals surface area contributed by atoms with E-state index in [0.29, 0.717) is 24.7 Å². The summed E-state index contributed by atoms with van der Waals surface area (Å²) in [5.41, 5.74) is 2.00. The number of rotatable bonds is 9. The minimum absolute atomic E-state index is 0.115. The summed E-state index contributed by atoms with van der Waals surface area (Å²) in [6.07, 6.45) is 1.48. The van der Waals surface area contributed by atoms with Gasteiger partial charge >= 0.3 is 5.97 Å². The Kier molecular flexibility index (Phi) is 6.92. The zero-order chi connectivity index (χ0) is 19.8. The summed E-state index contributed by atoms with van der Waals surface area (Å²) in [4.78, 5) is 16.5. The van der Waals surface area contributed by atoms with E-state index < -0.39 is 0 Å². The number of aromatic nitrogens is 2. The van der Waals surface area contributed by atoms with E-state index in [0.717, 1.165) is 17.5 Å². The molecule has 1 aromatic heterocycles. The average molecular weight is 379 g/mol. The summed E-state index contributed by atoms with van der Waals surface area (Å²) < 4.78 is 10.3. The van der Waals surface area contributed by atoms with Crippen LogP contribution < -0.4 is 5.32 Å². The van der Waals surface area contributed by atoms with E-state index in [4.69, 9.17) is 9.26 Å². The highest BCUT2D eigenvalue weighted by Crippen LogP contribution is 2.23. The van der Waals surface area contributed by atoms with Gasteiger partial charge < -0.3 is 14.6 Å². The van der Waals surface area contributed by atoms with Crippen molar-refractivity contribution in [3.05, 3.63) is 72.1 Å². The number of hydrogen-bond acceptors (Lipinski definition) is 6. The summed E-state index contributed by atoms with van der Waals surface area (Å²) in [7, 11) is 1.42. The van der Waals surface area contributed by atoms with Gasteiger partial charge in [-0.05, 0) is 18.5 Å². The lowest BCUT2D eigenvalue weighted by Crippen LogP contribution is -2.32. The molecule has 0 aliphatic heterocycles. The molecule has 28 heavy (non-hydrogen) atoms. The maximum Gasteiger partial charge on any atom is 0.310 e. The van der Waals surface area contributed by atoms with Crippen LogP contribution in [0.1, 0.15) is 30.8 Å². The lowest BCUT2D eigenvalue weighted by Gasteiger charge is -2.24. The van der Waals surface area contributed by atoms with Crippen LogP contribution >= 0.6 is 0 Å². The van der Waals surface area contributed by atoms with Gasteiger partial charge in [-0.2, -0.15) is 4.98 Å². The second kappa shape index (κ2) is 9.80. The Labute approximate surface area is 164 Å². The molecule has 0 bridgehead atoms. The highest BCUT2D eigenvalue weighted by atomic mass is 16.5. The van der Waals surface area contributed by atoms with Crippen molar-refractivity contribution >= 4 is 5.97 Å². The molecule has 0 saturated heterocycles. The SMILES string of the molecule is COC(=O)C(C)C(NCCCc1nc(-c2ccccc2)no1)c1ccccc1. The van der Waals surface area contributed by atoms with Gasteiger partial charge in [0.1, 0.15) is 0 Å². The summed E-state index contributed by atoms with van der Waals surface area (Å²) in [6, 6.07) is 19.6. The average Bonchev–Trinajstić information content (AvgIpc) is 3.23. The maximum atomic E-state index is 12.0. The smallest absolute Gasteiger partial charge is 0.310 e. The molecule has 3 aromatic rings. The summed E-state index contributed by atoms with van der Waals surface area (Å²) in [5, 5.41) is 7.51. The van der Waals surface area contributed by atoms with Crippen molar-refractivity contribution in [2.24, 2.45) is 5.92 Å². The fourth-order valence-corrected chi connectivity index (χ4v) is 3.12. The van der Waals surface area contributed by atoms with Gasteiger partial charge in [-0.1, -0.05) is 72.7 Å². The van der Waals surface area contributed by atoms with Gasteiger partial charge in [0.15, 0.2) is 0 Å². The number of carbonyl (C=O) groups excluding carboxylic acids is 1. The van der Waals surface area contributed by atoms with E-state index >= 15 is 0 Å². The number of nitrogens with one attached hydrogen (secondary N) is 1. The molecule has 0 aliphatic carbocycles. The molecule has 3 rings (SSSR count). The van der Waals surface area contributed by atoms with E-state index in [-0.39, 0.29) is 17.9 Å². The lowest BCUT2D eigenvalue weighted by atomic mass is 9.94. The standard InChI is InChI=1S/C22H25N3O3/c1-16(22(26)27-2)20(17-10-5-3-6-11-17)23-15-9-14-19-24-21(25-28-19)18-12-7-4-8-13-18/h3-8,10-13,16,20,23H,9,14-15H2,1-2H3. The lowest BCUT2D eigenvalue weighted by molar-refractivity contribution is -0.145. The van der Waals surface area contributed by atoms with Crippen molar-refractivity contribution in [2.75, 3.05) is 13.7 Å². The second-order valence-corrected chi connectivity index (χ2v) is 6.64. The second-order valence-electron chi connectivity index (χ2n) is 6.64. The molecule has 0 fully saturated rings. The number of methoxy groups -OCH3 is 1. The van der Waals surface area contributed by atoms with Gasteiger partial charge in [-0.15, -0.1) is 0 Å². The van der Waals surface area contributed by atoms with E-state index in [1.54, 1.807) is 0 Å². The van der Waals surface area contributed by atoms with Crippen molar-refractivity contribution in [1.82, 2.24) is 15.5 Å². The largest absolute Gasteiger partial charge is 0.469 e. The minimum atomic E-state index is -0.291. The molecule has 0 saturated carbocycles. The quantitative estimate of drug-likeness (QED) is 0.450. The number of ether oxygens (including phenoxy) is 1. The number of carbonyl (C=O) groups is 1. The number of hydrogen-bond donors (Lipinski definition) is 1. The van der Waals surface area contributed by atoms with Crippen LogP contribution in [0.2, 0.25) is 0 Å². The Hall–Kier alpha value is -2.99. The molecule has 0 amide bonds. The van der Waals surface area contributed by atoms with Crippen LogP contribution in [0, 0.1) is 5.92 Å². The molecule has 0 radical (unpaired) electrons. The van der Waals surface area contributed by atoms with Crippen LogP contribution in [0.4, 0.5) is 0 Å². The minimum Gasteiger partial charge on any atom is -0.469 e. The van der Waals surface area contributed by atoms with E-state index in [2.05, 4.69) is 15.5 Å². The first-order valence-corrected chi connectivity index (χ1v) is 9.43. The monoisotopic (exact) mass is 379 g/mol. The van der Waals surface area contributed by atoms with Crippen LogP contribution in [0.25, 0.3) is 11.4 Å². The van der Waals surface area contributed by atoms with Crippen molar-refractivity contribution in [1.29, 1.82) is 0 Å². The van der Waals surface area contributed by atoms with Crippen LogP contribution in [0.5, 0.6) is 0 Å². The Morgan fingerprint density at radius 1 is 1.11 bits per heavy atom. The zero-order valence-electron chi connectivity index (χ0n) is 16.2. The zero-order valence-corrected chi connectivity index (χ0v) is 16.2. The number of aryl methyl sites for hydroxylation is 1. The molecule has 2 atom stereocenters. The normalized spacial score (nSPS) is 13.1. The summed E-state index contributed by atoms with van der Waals surface area (Å²) >= 11 is 0. The van der Waals surface area contributed by atoms with Gasteiger partial charge in [0, 0.05) is 18.0 Å². The van der Waals surface area contributed by atoms with Crippen molar-refractivity contribution in [3.63, 3.8) is 0 Å². The highest BCUT2D eigenvalue weighted by molar-refractivity contribution is 5.73. The third-order valence-corrected chi connectivity index (χ3v) is 4.66. The van der Waals surface area contributed by atoms with Gasteiger partial charge in [0.2, 0.25) is 11.7 Å². The number of benzene rings is 2. The molecular formula is C22H25N3O3. The first-order valence-electron chi connectivity index (χ1n) is 9.43. The molecule has 1 N–H and O–H groups in total. The van der Waals surface area contributed by atoms with Crippen LogP contribution in [0.3, 0.4) is 0 Å². The third-order valence-electron chi connectivity index (χ3n) is 4.66. The predicted octanol–water partition coefficient (Wildman–Crippen LogP) is 3.81. The fourth-order valence-electron chi connectivity index (χ4n) is 3.12. The molecule has 6 nitrogen and oxygen atoms in total. The van der Waals surface area contributed by atoms with Crippen LogP contribution in [-0.2, 0) is 16.0 Å². The van der Waals surface area contributed by atoms with Crippen LogP contribution in [0.15, 0.2) is 65.2 Å². The maximum absolute atomic E-state index is 12.0. The van der Waals surface area contributed by atoms with E-state index in [1.807, 2.05) is 67.6 Å². The van der Waals surface area contributed by atoms with Gasteiger partial charge in [-0.25, -0.2) is 0 Å². The van der Waals surface area contributed by atoms with Crippen molar-refractivity contribution < 1.29 is 14.1 Å². The van der Waals surface area contributed by atoms with Gasteiger partial charge in [-0.3, -0.25) is 4.79 Å². The molecular weight excluding hydrogens is 354 g/mol. The van der Waals surface area contributed by atoms with E-state index in [9.17, 15) is 4.79 Å². The molecule has 146 valence electrons. The van der Waals surface area contributed by atoms with Crippen LogP contribution in [-0.4, -0.2) is 29.8 Å². The molecule has 0 spiro atoms. The molecule has 1 heterocycles. The highest BCUT2D eigenvalue weighted by Gasteiger charge is 2.25. The summed E-state index contributed by atoms with van der Waals surface area (Å²) in [6.45, 7) is 2.59. The first-order chi connectivity index (χ1) is 13.7. The van der Waals surface area contributed by atoms with Gasteiger partial charge in [0.05, 0.1) is 13.0 Å². The van der Waals surface area contributed by atoms with E-state index in [1.165, 1.54) is 7.11 Å². The third kappa shape index (κ3) is 5.04. The fraction of sp³-hybridized carbons (Fsp3) is 0.318. The predicted molar refractivity (Wildman–Crippen MR) is 106 cm³/mol. The van der Waals surface area contributed by atoms with Crippen molar-refractivity contribution in [2.45, 2.75) is 25.8 Å². The van der Waals surface area contributed by atoms with Crippen molar-refractivity contribution in [3.8, 4) is 11.4 Å². The van der Waals surface area contributed by atoms with Gasteiger partial charge in [0.25, 0.3) is 0 Å². The Bertz CT molecular complexity index is 865. The molecule has 2 unspecified atom stereocenters. The molecule has 2 aromatic carbocycles. The number of nitrogens with zero attached hydrogens (tertiary/aromatic N) is 2. The topological polar surface area (TPSA) is 77.2 Å². The number of esters is 1. The first kappa shape index (κ1) is 19.8. The summed E-state index contributed by atoms with van der Waals surface area (Å²) in [5.74, 6) is 0.689. The molecule has 6 heteroatoms. The Morgan fingerprint density at radius 2 is 1.79 bits per heavy atom. The Morgan fingerprint density at radius 3 is 2.46 bits per heavy atom. The Balaban J connectivity index is 1.56. The molecule has 0 aliphatic rings.